The van der Waals surface area contributed by atoms with Gasteiger partial charge in [0.05, 0.1) is 4.87 Å². The normalized spacial score (nSPS) is 13.4. The number of hydrogen-bond acceptors (Lipinski definition) is 5. The summed E-state index contributed by atoms with van der Waals surface area (Å²) in [7, 11) is 0. The van der Waals surface area contributed by atoms with E-state index in [2.05, 4.69) is 15.1 Å². The summed E-state index contributed by atoms with van der Waals surface area (Å²) >= 11 is 5.96. The van der Waals surface area contributed by atoms with Crippen molar-refractivity contribution in [2.45, 2.75) is 31.2 Å². The number of rotatable bonds is 5. The molecule has 0 saturated carbocycles. The molecule has 1 aromatic heterocycles. The molecular weight excluding hydrogens is 236 g/mol. The lowest BCUT2D eigenvalue weighted by Gasteiger charge is -2.20. The summed E-state index contributed by atoms with van der Waals surface area (Å²) in [6.45, 7) is 3.32. The molecule has 1 aromatic rings. The molecule has 1 unspecified atom stereocenters. The van der Waals surface area contributed by atoms with Crippen molar-refractivity contribution in [1.82, 2.24) is 9.97 Å². The Balaban J connectivity index is 2.79. The average Bonchev–Trinajstić information content (AvgIpc) is 2.60. The number of halogens is 1. The maximum Gasteiger partial charge on any atom is 0.432 e. The first-order chi connectivity index (χ1) is 7.34. The maximum absolute atomic E-state index is 10.6. The van der Waals surface area contributed by atoms with Crippen LogP contribution in [0.25, 0.3) is 0 Å². The Morgan fingerprint density at radius 2 is 2.38 bits per heavy atom. The lowest BCUT2D eigenvalue weighted by atomic mass is 10.00. The fraction of sp³-hybridized carbons (Fsp3) is 0.625. The number of nitro groups is 1. The number of aromatic amines is 1. The number of alkyl halides is 1. The van der Waals surface area contributed by atoms with E-state index < -0.39 is 15.8 Å². The molecule has 0 aromatic carbocycles. The van der Waals surface area contributed by atoms with E-state index in [-0.39, 0.29) is 12.4 Å². The van der Waals surface area contributed by atoms with Gasteiger partial charge in [0.25, 0.3) is 0 Å². The van der Waals surface area contributed by atoms with Gasteiger partial charge >= 0.3 is 5.95 Å². The monoisotopic (exact) mass is 246 g/mol. The highest BCUT2D eigenvalue weighted by molar-refractivity contribution is 6.23. The van der Waals surface area contributed by atoms with Gasteiger partial charge in [0.1, 0.15) is 17.9 Å². The van der Waals surface area contributed by atoms with Crippen LogP contribution in [0.2, 0.25) is 0 Å². The van der Waals surface area contributed by atoms with Gasteiger partial charge in [-0.1, -0.05) is 10.2 Å². The fourth-order valence-electron chi connectivity index (χ4n) is 1.16. The Bertz CT molecular complexity index is 398. The van der Waals surface area contributed by atoms with Gasteiger partial charge in [-0.2, -0.15) is 4.91 Å². The Kier molecular flexibility index (Phi) is 3.58. The molecule has 1 atom stereocenters. The van der Waals surface area contributed by atoms with E-state index in [1.807, 2.05) is 0 Å². The number of nitroso groups, excluding NO2 is 1. The summed E-state index contributed by atoms with van der Waals surface area (Å²) < 4.78 is 0. The molecule has 0 saturated heterocycles. The van der Waals surface area contributed by atoms with Crippen LogP contribution < -0.4 is 0 Å². The fourth-order valence-corrected chi connectivity index (χ4v) is 1.27. The quantitative estimate of drug-likeness (QED) is 0.372. The molecule has 0 aliphatic carbocycles. The van der Waals surface area contributed by atoms with Crippen molar-refractivity contribution in [3.05, 3.63) is 26.9 Å². The third-order valence-corrected chi connectivity index (χ3v) is 2.37. The van der Waals surface area contributed by atoms with Crippen molar-refractivity contribution >= 4 is 17.5 Å². The first-order valence-electron chi connectivity index (χ1n) is 4.54. The van der Waals surface area contributed by atoms with Crippen LogP contribution in [0, 0.1) is 15.0 Å². The molecule has 7 nitrogen and oxygen atoms in total. The van der Waals surface area contributed by atoms with E-state index >= 15 is 0 Å². The van der Waals surface area contributed by atoms with Crippen molar-refractivity contribution in [3.8, 4) is 0 Å². The SMILES string of the molecule is CC(C)(Cl)C(Cc1cnc([N+](=O)[O-])[nH]1)N=O. The number of aromatic nitrogens is 2. The molecule has 88 valence electrons. The summed E-state index contributed by atoms with van der Waals surface area (Å²) in [6.07, 6.45) is 1.50. The molecule has 0 aliphatic rings. The second kappa shape index (κ2) is 4.56. The molecule has 0 radical (unpaired) electrons. The zero-order valence-corrected chi connectivity index (χ0v) is 9.56. The van der Waals surface area contributed by atoms with E-state index in [0.29, 0.717) is 5.69 Å². The topological polar surface area (TPSA) is 101 Å². The first-order valence-corrected chi connectivity index (χ1v) is 4.92. The molecule has 0 fully saturated rings. The number of imidazole rings is 1. The van der Waals surface area contributed by atoms with Crippen LogP contribution in [0.3, 0.4) is 0 Å². The molecule has 1 N–H and O–H groups in total. The summed E-state index contributed by atoms with van der Waals surface area (Å²) in [6, 6.07) is -0.672. The van der Waals surface area contributed by atoms with Crippen molar-refractivity contribution < 1.29 is 4.92 Å². The second-order valence-electron chi connectivity index (χ2n) is 3.88. The molecule has 1 rings (SSSR count). The molecule has 1 heterocycles. The number of H-pyrrole nitrogens is 1. The lowest BCUT2D eigenvalue weighted by Crippen LogP contribution is -2.30. The highest BCUT2D eigenvalue weighted by Gasteiger charge is 2.30. The zero-order chi connectivity index (χ0) is 12.3. The first kappa shape index (κ1) is 12.6. The second-order valence-corrected chi connectivity index (χ2v) is 4.85. The molecule has 0 amide bonds. The molecule has 0 aliphatic heterocycles. The summed E-state index contributed by atoms with van der Waals surface area (Å²) in [5.41, 5.74) is 0.463. The number of nitrogens with one attached hydrogen (secondary N) is 1. The van der Waals surface area contributed by atoms with Crippen molar-refractivity contribution in [3.63, 3.8) is 0 Å². The number of nitrogens with zero attached hydrogens (tertiary/aromatic N) is 3. The Morgan fingerprint density at radius 3 is 2.75 bits per heavy atom. The van der Waals surface area contributed by atoms with Crippen LogP contribution >= 0.6 is 11.6 Å². The van der Waals surface area contributed by atoms with E-state index in [9.17, 15) is 15.0 Å². The molecule has 0 spiro atoms. The van der Waals surface area contributed by atoms with E-state index in [4.69, 9.17) is 11.6 Å². The van der Waals surface area contributed by atoms with Gasteiger partial charge in [0.15, 0.2) is 0 Å². The van der Waals surface area contributed by atoms with Crippen LogP contribution in [0.1, 0.15) is 19.5 Å². The Labute approximate surface area is 96.3 Å². The summed E-state index contributed by atoms with van der Waals surface area (Å²) in [5.74, 6) is -0.355. The highest BCUT2D eigenvalue weighted by Crippen LogP contribution is 2.24. The predicted octanol–water partition coefficient (Wildman–Crippen LogP) is 2.01. The van der Waals surface area contributed by atoms with Crippen molar-refractivity contribution in [1.29, 1.82) is 0 Å². The van der Waals surface area contributed by atoms with Crippen LogP contribution in [0.15, 0.2) is 11.4 Å². The van der Waals surface area contributed by atoms with Crippen LogP contribution in [-0.2, 0) is 6.42 Å². The largest absolute Gasteiger partial charge is 0.432 e. The van der Waals surface area contributed by atoms with Gasteiger partial charge in [-0.05, 0) is 18.8 Å². The van der Waals surface area contributed by atoms with E-state index in [1.165, 1.54) is 6.20 Å². The third kappa shape index (κ3) is 2.99. The minimum absolute atomic E-state index is 0.195. The van der Waals surface area contributed by atoms with Crippen LogP contribution in [0.4, 0.5) is 5.95 Å². The van der Waals surface area contributed by atoms with Gasteiger partial charge in [-0.15, -0.1) is 11.6 Å². The minimum atomic E-state index is -0.804. The molecule has 8 heteroatoms. The Hall–Kier alpha value is -1.50. The molecular formula is C8H11ClN4O3. The highest BCUT2D eigenvalue weighted by atomic mass is 35.5. The molecule has 16 heavy (non-hydrogen) atoms. The lowest BCUT2D eigenvalue weighted by molar-refractivity contribution is -0.393. The van der Waals surface area contributed by atoms with Gasteiger partial charge in [0, 0.05) is 6.42 Å². The Morgan fingerprint density at radius 1 is 1.75 bits per heavy atom. The van der Waals surface area contributed by atoms with Gasteiger partial charge in [-0.25, -0.2) is 4.98 Å². The molecule has 0 bridgehead atoms. The number of hydrogen-bond donors (Lipinski definition) is 1. The van der Waals surface area contributed by atoms with Crippen LogP contribution in [-0.4, -0.2) is 25.8 Å². The van der Waals surface area contributed by atoms with Gasteiger partial charge in [0.2, 0.25) is 0 Å². The van der Waals surface area contributed by atoms with Gasteiger partial charge < -0.3 is 10.1 Å². The summed E-state index contributed by atoms with van der Waals surface area (Å²) in [5, 5.41) is 13.3. The van der Waals surface area contributed by atoms with Crippen LogP contribution in [0.5, 0.6) is 0 Å². The third-order valence-electron chi connectivity index (χ3n) is 2.12. The smallest absolute Gasteiger partial charge is 0.390 e. The minimum Gasteiger partial charge on any atom is -0.390 e. The van der Waals surface area contributed by atoms with E-state index in [1.54, 1.807) is 13.8 Å². The van der Waals surface area contributed by atoms with Crippen molar-refractivity contribution in [2.75, 3.05) is 0 Å². The zero-order valence-electron chi connectivity index (χ0n) is 8.81. The maximum atomic E-state index is 10.6. The van der Waals surface area contributed by atoms with Gasteiger partial charge in [-0.3, -0.25) is 0 Å². The van der Waals surface area contributed by atoms with E-state index in [0.717, 1.165) is 0 Å². The summed E-state index contributed by atoms with van der Waals surface area (Å²) in [4.78, 5) is 25.5. The van der Waals surface area contributed by atoms with Crippen molar-refractivity contribution in [2.24, 2.45) is 5.18 Å². The standard InChI is InChI=1S/C8H11ClN4O3/c1-8(2,9)6(12-14)3-5-4-10-7(11-5)13(15)16/h4,6H,3H2,1-2H3,(H,10,11). The average molecular weight is 247 g/mol. The predicted molar refractivity (Wildman–Crippen MR) is 58.5 cm³/mol.